The van der Waals surface area contributed by atoms with Gasteiger partial charge in [-0.2, -0.15) is 11.3 Å². The summed E-state index contributed by atoms with van der Waals surface area (Å²) in [5, 5.41) is 4.16. The van der Waals surface area contributed by atoms with Crippen LogP contribution >= 0.6 is 11.3 Å². The molecule has 3 heteroatoms. The highest BCUT2D eigenvalue weighted by Gasteiger charge is 2.08. The van der Waals surface area contributed by atoms with Gasteiger partial charge < -0.3 is 10.5 Å². The first-order valence-electron chi connectivity index (χ1n) is 5.66. The van der Waals surface area contributed by atoms with Crippen molar-refractivity contribution in [2.24, 2.45) is 5.73 Å². The van der Waals surface area contributed by atoms with Crippen molar-refractivity contribution in [3.63, 3.8) is 0 Å². The van der Waals surface area contributed by atoms with E-state index < -0.39 is 0 Å². The zero-order valence-electron chi connectivity index (χ0n) is 9.93. The summed E-state index contributed by atoms with van der Waals surface area (Å²) in [6.07, 6.45) is 0.949. The maximum atomic E-state index is 6.19. The Bertz CT molecular complexity index is 436. The Kier molecular flexibility index (Phi) is 4.31. The molecule has 2 nitrogen and oxygen atoms in total. The molecule has 1 aromatic carbocycles. The van der Waals surface area contributed by atoms with E-state index in [1.165, 1.54) is 11.1 Å². The third kappa shape index (κ3) is 3.16. The average molecular weight is 247 g/mol. The molecule has 0 bridgehead atoms. The summed E-state index contributed by atoms with van der Waals surface area (Å²) >= 11 is 1.68. The lowest BCUT2D eigenvalue weighted by molar-refractivity contribution is 0.202. The van der Waals surface area contributed by atoms with Crippen LogP contribution in [0.15, 0.2) is 41.1 Å². The van der Waals surface area contributed by atoms with Crippen LogP contribution in [-0.2, 0) is 11.2 Å². The zero-order valence-corrected chi connectivity index (χ0v) is 10.7. The molecule has 0 amide bonds. The predicted octanol–water partition coefficient (Wildman–Crippen LogP) is 2.99. The number of hydrogen-bond acceptors (Lipinski definition) is 3. The number of ether oxygens (including phenoxy) is 1. The van der Waals surface area contributed by atoms with Gasteiger partial charge in [0.15, 0.2) is 0 Å². The van der Waals surface area contributed by atoms with Crippen molar-refractivity contribution >= 4 is 11.3 Å². The van der Waals surface area contributed by atoms with Gasteiger partial charge in [0.25, 0.3) is 0 Å². The van der Waals surface area contributed by atoms with Gasteiger partial charge in [0.2, 0.25) is 0 Å². The minimum absolute atomic E-state index is 0.0160. The van der Waals surface area contributed by atoms with Crippen LogP contribution in [0, 0.1) is 0 Å². The molecule has 0 aliphatic carbocycles. The lowest BCUT2D eigenvalue weighted by atomic mass is 10.0. The van der Waals surface area contributed by atoms with E-state index in [1.807, 2.05) is 0 Å². The molecule has 1 atom stereocenters. The molecule has 0 aliphatic heterocycles. The lowest BCUT2D eigenvalue weighted by Crippen LogP contribution is -2.10. The lowest BCUT2D eigenvalue weighted by Gasteiger charge is -2.11. The van der Waals surface area contributed by atoms with Crippen molar-refractivity contribution in [3.05, 3.63) is 57.8 Å². The maximum absolute atomic E-state index is 6.19. The fourth-order valence-electron chi connectivity index (χ4n) is 1.76. The highest BCUT2D eigenvalue weighted by Crippen LogP contribution is 2.21. The van der Waals surface area contributed by atoms with Crippen molar-refractivity contribution in [3.8, 4) is 0 Å². The number of rotatable bonds is 5. The van der Waals surface area contributed by atoms with E-state index in [9.17, 15) is 0 Å². The van der Waals surface area contributed by atoms with Crippen molar-refractivity contribution in [1.82, 2.24) is 0 Å². The summed E-state index contributed by atoms with van der Waals surface area (Å²) in [4.78, 5) is 0. The summed E-state index contributed by atoms with van der Waals surface area (Å²) < 4.78 is 5.06. The number of thiophene rings is 1. The molecule has 0 saturated heterocycles. The standard InChI is InChI=1S/C14H17NOS/c1-16-8-6-11-2-4-12(5-3-11)14(15)13-7-9-17-10-13/h2-5,7,9-10,14H,6,8,15H2,1H3. The van der Waals surface area contributed by atoms with E-state index in [4.69, 9.17) is 10.5 Å². The van der Waals surface area contributed by atoms with Crippen LogP contribution in [0.1, 0.15) is 22.7 Å². The normalized spacial score (nSPS) is 12.6. The molecule has 2 N–H and O–H groups in total. The molecular formula is C14H17NOS. The van der Waals surface area contributed by atoms with E-state index in [0.29, 0.717) is 0 Å². The second-order valence-electron chi connectivity index (χ2n) is 4.02. The van der Waals surface area contributed by atoms with E-state index in [1.54, 1.807) is 18.4 Å². The van der Waals surface area contributed by atoms with E-state index >= 15 is 0 Å². The van der Waals surface area contributed by atoms with E-state index in [2.05, 4.69) is 41.1 Å². The summed E-state index contributed by atoms with van der Waals surface area (Å²) in [7, 11) is 1.72. The largest absolute Gasteiger partial charge is 0.384 e. The molecule has 1 heterocycles. The van der Waals surface area contributed by atoms with Crippen LogP contribution in [-0.4, -0.2) is 13.7 Å². The number of hydrogen-bond donors (Lipinski definition) is 1. The highest BCUT2D eigenvalue weighted by molar-refractivity contribution is 7.08. The van der Waals surface area contributed by atoms with Crippen molar-refractivity contribution in [1.29, 1.82) is 0 Å². The quantitative estimate of drug-likeness (QED) is 0.881. The Morgan fingerprint density at radius 2 is 1.94 bits per heavy atom. The van der Waals surface area contributed by atoms with Gasteiger partial charge >= 0.3 is 0 Å². The third-order valence-corrected chi connectivity index (χ3v) is 3.54. The first-order valence-corrected chi connectivity index (χ1v) is 6.61. The molecular weight excluding hydrogens is 230 g/mol. The fraction of sp³-hybridized carbons (Fsp3) is 0.286. The fourth-order valence-corrected chi connectivity index (χ4v) is 2.45. The van der Waals surface area contributed by atoms with Gasteiger partial charge in [-0.05, 0) is 39.9 Å². The topological polar surface area (TPSA) is 35.2 Å². The van der Waals surface area contributed by atoms with Crippen LogP contribution in [0.3, 0.4) is 0 Å². The molecule has 0 saturated carbocycles. The van der Waals surface area contributed by atoms with E-state index in [-0.39, 0.29) is 6.04 Å². The zero-order chi connectivity index (χ0) is 12.1. The van der Waals surface area contributed by atoms with Gasteiger partial charge in [0.05, 0.1) is 12.6 Å². The Labute approximate surface area is 106 Å². The Morgan fingerprint density at radius 1 is 1.18 bits per heavy atom. The van der Waals surface area contributed by atoms with Crippen molar-refractivity contribution < 1.29 is 4.74 Å². The molecule has 2 rings (SSSR count). The first kappa shape index (κ1) is 12.3. The predicted molar refractivity (Wildman–Crippen MR) is 72.4 cm³/mol. The van der Waals surface area contributed by atoms with Crippen LogP contribution in [0.5, 0.6) is 0 Å². The van der Waals surface area contributed by atoms with Crippen LogP contribution in [0.2, 0.25) is 0 Å². The molecule has 1 aromatic heterocycles. The Balaban J connectivity index is 2.07. The SMILES string of the molecule is COCCc1ccc(C(N)c2ccsc2)cc1. The molecule has 0 aliphatic rings. The highest BCUT2D eigenvalue weighted by atomic mass is 32.1. The average Bonchev–Trinajstić information content (AvgIpc) is 2.90. The molecule has 0 spiro atoms. The second-order valence-corrected chi connectivity index (χ2v) is 4.80. The first-order chi connectivity index (χ1) is 8.31. The summed E-state index contributed by atoms with van der Waals surface area (Å²) in [5.74, 6) is 0. The Hall–Kier alpha value is -1.16. The molecule has 17 heavy (non-hydrogen) atoms. The Morgan fingerprint density at radius 3 is 2.53 bits per heavy atom. The van der Waals surface area contributed by atoms with Gasteiger partial charge in [-0.25, -0.2) is 0 Å². The smallest absolute Gasteiger partial charge is 0.0559 e. The minimum Gasteiger partial charge on any atom is -0.384 e. The van der Waals surface area contributed by atoms with Gasteiger partial charge in [-0.1, -0.05) is 24.3 Å². The van der Waals surface area contributed by atoms with E-state index in [0.717, 1.165) is 18.6 Å². The second kappa shape index (κ2) is 5.96. The number of benzene rings is 1. The minimum atomic E-state index is -0.0160. The van der Waals surface area contributed by atoms with Crippen molar-refractivity contribution in [2.45, 2.75) is 12.5 Å². The molecule has 0 fully saturated rings. The summed E-state index contributed by atoms with van der Waals surface area (Å²) in [6, 6.07) is 10.5. The monoisotopic (exact) mass is 247 g/mol. The molecule has 2 aromatic rings. The van der Waals surface area contributed by atoms with Crippen LogP contribution in [0.25, 0.3) is 0 Å². The maximum Gasteiger partial charge on any atom is 0.0559 e. The molecule has 90 valence electrons. The van der Waals surface area contributed by atoms with Gasteiger partial charge in [-0.15, -0.1) is 0 Å². The van der Waals surface area contributed by atoms with Crippen LogP contribution in [0.4, 0.5) is 0 Å². The van der Waals surface area contributed by atoms with Gasteiger partial charge in [0.1, 0.15) is 0 Å². The number of methoxy groups -OCH3 is 1. The third-order valence-electron chi connectivity index (χ3n) is 2.84. The number of nitrogens with two attached hydrogens (primary N) is 1. The summed E-state index contributed by atoms with van der Waals surface area (Å²) in [5.41, 5.74) is 9.82. The molecule has 1 unspecified atom stereocenters. The van der Waals surface area contributed by atoms with Crippen molar-refractivity contribution in [2.75, 3.05) is 13.7 Å². The molecule has 0 radical (unpaired) electrons. The van der Waals surface area contributed by atoms with Gasteiger partial charge in [0, 0.05) is 7.11 Å². The summed E-state index contributed by atoms with van der Waals surface area (Å²) in [6.45, 7) is 0.760. The van der Waals surface area contributed by atoms with Gasteiger partial charge in [-0.3, -0.25) is 0 Å². The van der Waals surface area contributed by atoms with Crippen LogP contribution < -0.4 is 5.73 Å².